The number of carbonyl (C=O) groups excluding carboxylic acids is 2. The zero-order chi connectivity index (χ0) is 46.3. The minimum Gasteiger partial charge on any atom is -0.463 e. The molecule has 0 aromatic rings. The Bertz CT molecular complexity index is 1150. The van der Waals surface area contributed by atoms with Crippen molar-refractivity contribution in [3.63, 3.8) is 0 Å². The molecule has 0 aliphatic carbocycles. The van der Waals surface area contributed by atoms with E-state index in [1.165, 1.54) is 161 Å². The highest BCUT2D eigenvalue weighted by Gasteiger charge is 2.16. The molecule has 0 aromatic carbocycles. The van der Waals surface area contributed by atoms with Gasteiger partial charge in [0.25, 0.3) is 0 Å². The SMILES string of the molecule is CC/C=C\C/C=C\C/C=C\C/C=C\C/C=C\CCCC(=O)OC[C@H](COC(=O)CCCCCCCCC/C=C\CCCCCC)OCCCCCCCCCCCCCCCCCC. The van der Waals surface area contributed by atoms with E-state index < -0.39 is 6.10 Å². The highest BCUT2D eigenvalue weighted by molar-refractivity contribution is 5.69. The maximum atomic E-state index is 12.6. The van der Waals surface area contributed by atoms with Crippen LogP contribution in [0.15, 0.2) is 72.9 Å². The summed E-state index contributed by atoms with van der Waals surface area (Å²) in [6, 6.07) is 0. The number of hydrogen-bond donors (Lipinski definition) is 0. The lowest BCUT2D eigenvalue weighted by Gasteiger charge is -2.18. The summed E-state index contributed by atoms with van der Waals surface area (Å²) >= 11 is 0. The lowest BCUT2D eigenvalue weighted by atomic mass is 10.0. The highest BCUT2D eigenvalue weighted by Crippen LogP contribution is 2.15. The van der Waals surface area contributed by atoms with Crippen molar-refractivity contribution < 1.29 is 23.8 Å². The highest BCUT2D eigenvalue weighted by atomic mass is 16.6. The van der Waals surface area contributed by atoms with Crippen molar-refractivity contribution >= 4 is 11.9 Å². The van der Waals surface area contributed by atoms with Crippen LogP contribution in [-0.2, 0) is 23.8 Å². The Kier molecular flexibility index (Phi) is 52.4. The van der Waals surface area contributed by atoms with Crippen molar-refractivity contribution in [1.29, 1.82) is 0 Å². The Morgan fingerprint density at radius 2 is 0.656 bits per heavy atom. The molecule has 0 unspecified atom stereocenters. The molecule has 0 aliphatic rings. The molecule has 0 N–H and O–H groups in total. The van der Waals surface area contributed by atoms with E-state index in [1.54, 1.807) is 0 Å². The fourth-order valence-electron chi connectivity index (χ4n) is 7.63. The molecule has 1 atom stereocenters. The second-order valence-corrected chi connectivity index (χ2v) is 18.1. The van der Waals surface area contributed by atoms with Crippen LogP contribution in [-0.4, -0.2) is 37.9 Å². The van der Waals surface area contributed by atoms with Crippen LogP contribution in [0.1, 0.15) is 265 Å². The van der Waals surface area contributed by atoms with E-state index in [2.05, 4.69) is 93.7 Å². The number of rotatable bonds is 50. The van der Waals surface area contributed by atoms with Crippen LogP contribution in [0.3, 0.4) is 0 Å². The summed E-state index contributed by atoms with van der Waals surface area (Å²) < 4.78 is 17.4. The van der Waals surface area contributed by atoms with Gasteiger partial charge in [0, 0.05) is 19.4 Å². The summed E-state index contributed by atoms with van der Waals surface area (Å²) in [5.41, 5.74) is 0. The molecule has 0 saturated carbocycles. The Hall–Kier alpha value is -2.66. The number of carbonyl (C=O) groups is 2. The predicted octanol–water partition coefficient (Wildman–Crippen LogP) is 18.7. The molecule has 64 heavy (non-hydrogen) atoms. The lowest BCUT2D eigenvalue weighted by Crippen LogP contribution is -2.29. The second kappa shape index (κ2) is 54.7. The smallest absolute Gasteiger partial charge is 0.305 e. The maximum Gasteiger partial charge on any atom is 0.305 e. The molecule has 0 radical (unpaired) electrons. The summed E-state index contributed by atoms with van der Waals surface area (Å²) in [4.78, 5) is 25.2. The van der Waals surface area contributed by atoms with E-state index in [4.69, 9.17) is 14.2 Å². The molecule has 0 bridgehead atoms. The number of hydrogen-bond acceptors (Lipinski definition) is 5. The monoisotopic (exact) mass is 893 g/mol. The van der Waals surface area contributed by atoms with Gasteiger partial charge in [-0.15, -0.1) is 0 Å². The van der Waals surface area contributed by atoms with E-state index in [0.717, 1.165) is 70.6 Å². The average Bonchev–Trinajstić information content (AvgIpc) is 3.30. The fraction of sp³-hybridized carbons (Fsp3) is 0.763. The first kappa shape index (κ1) is 61.3. The van der Waals surface area contributed by atoms with E-state index in [0.29, 0.717) is 19.4 Å². The Balaban J connectivity index is 4.34. The van der Waals surface area contributed by atoms with Crippen molar-refractivity contribution in [2.45, 2.75) is 271 Å². The molecular formula is C59H104O5. The normalized spacial score (nSPS) is 12.7. The third-order valence-corrected chi connectivity index (χ3v) is 11.8. The van der Waals surface area contributed by atoms with Gasteiger partial charge in [-0.3, -0.25) is 9.59 Å². The molecule has 0 heterocycles. The molecule has 0 aromatic heterocycles. The minimum atomic E-state index is -0.425. The molecule has 370 valence electrons. The zero-order valence-electron chi connectivity index (χ0n) is 42.5. The Morgan fingerprint density at radius 3 is 1.09 bits per heavy atom. The van der Waals surface area contributed by atoms with Crippen LogP contribution in [0.5, 0.6) is 0 Å². The maximum absolute atomic E-state index is 12.6. The zero-order valence-corrected chi connectivity index (χ0v) is 42.5. The summed E-state index contributed by atoms with van der Waals surface area (Å²) in [6.07, 6.45) is 70.8. The van der Waals surface area contributed by atoms with Crippen LogP contribution in [0.2, 0.25) is 0 Å². The quantitative estimate of drug-likeness (QED) is 0.0346. The number of allylic oxidation sites excluding steroid dienone is 12. The summed E-state index contributed by atoms with van der Waals surface area (Å²) in [5, 5.41) is 0. The molecule has 0 fully saturated rings. The van der Waals surface area contributed by atoms with Gasteiger partial charge in [-0.1, -0.05) is 241 Å². The number of unbranched alkanes of at least 4 members (excludes halogenated alkanes) is 27. The van der Waals surface area contributed by atoms with Gasteiger partial charge in [-0.2, -0.15) is 0 Å². The molecule has 0 spiro atoms. The van der Waals surface area contributed by atoms with Gasteiger partial charge >= 0.3 is 11.9 Å². The third kappa shape index (κ3) is 52.0. The molecule has 0 amide bonds. The summed E-state index contributed by atoms with van der Waals surface area (Å²) in [5.74, 6) is -0.398. The van der Waals surface area contributed by atoms with Crippen LogP contribution in [0, 0.1) is 0 Å². The first-order chi connectivity index (χ1) is 31.6. The van der Waals surface area contributed by atoms with Gasteiger partial charge in [0.2, 0.25) is 0 Å². The summed E-state index contributed by atoms with van der Waals surface area (Å²) in [7, 11) is 0. The van der Waals surface area contributed by atoms with E-state index in [1.807, 2.05) is 0 Å². The van der Waals surface area contributed by atoms with Gasteiger partial charge < -0.3 is 14.2 Å². The van der Waals surface area contributed by atoms with E-state index in [-0.39, 0.29) is 25.2 Å². The number of ether oxygens (including phenoxy) is 3. The van der Waals surface area contributed by atoms with Crippen LogP contribution < -0.4 is 0 Å². The van der Waals surface area contributed by atoms with Gasteiger partial charge in [-0.05, 0) is 83.5 Å². The largest absolute Gasteiger partial charge is 0.463 e. The first-order valence-electron chi connectivity index (χ1n) is 27.5. The van der Waals surface area contributed by atoms with Crippen molar-refractivity contribution in [3.05, 3.63) is 72.9 Å². The molecule has 5 heteroatoms. The topological polar surface area (TPSA) is 61.8 Å². The molecule has 0 saturated heterocycles. The van der Waals surface area contributed by atoms with Crippen LogP contribution in [0.4, 0.5) is 0 Å². The van der Waals surface area contributed by atoms with Gasteiger partial charge in [0.1, 0.15) is 19.3 Å². The second-order valence-electron chi connectivity index (χ2n) is 18.1. The van der Waals surface area contributed by atoms with Crippen molar-refractivity contribution in [2.24, 2.45) is 0 Å². The van der Waals surface area contributed by atoms with Crippen LogP contribution in [0.25, 0.3) is 0 Å². The van der Waals surface area contributed by atoms with Crippen LogP contribution >= 0.6 is 0 Å². The molecule has 0 rings (SSSR count). The first-order valence-corrected chi connectivity index (χ1v) is 27.5. The van der Waals surface area contributed by atoms with E-state index in [9.17, 15) is 9.59 Å². The Labute approximate surface area is 397 Å². The molecular weight excluding hydrogens is 789 g/mol. The number of esters is 2. The minimum absolute atomic E-state index is 0.126. The third-order valence-electron chi connectivity index (χ3n) is 11.8. The molecule has 5 nitrogen and oxygen atoms in total. The van der Waals surface area contributed by atoms with Crippen molar-refractivity contribution in [2.75, 3.05) is 19.8 Å². The average molecular weight is 893 g/mol. The Morgan fingerprint density at radius 1 is 0.344 bits per heavy atom. The fourth-order valence-corrected chi connectivity index (χ4v) is 7.63. The van der Waals surface area contributed by atoms with Gasteiger partial charge in [0.15, 0.2) is 0 Å². The van der Waals surface area contributed by atoms with Crippen molar-refractivity contribution in [3.8, 4) is 0 Å². The lowest BCUT2D eigenvalue weighted by molar-refractivity contribution is -0.155. The van der Waals surface area contributed by atoms with Gasteiger partial charge in [0.05, 0.1) is 0 Å². The van der Waals surface area contributed by atoms with E-state index >= 15 is 0 Å². The van der Waals surface area contributed by atoms with Crippen molar-refractivity contribution in [1.82, 2.24) is 0 Å². The standard InChI is InChI=1S/C59H104O5/c1-4-7-10-13-16-19-22-25-28-30-32-35-38-41-44-47-50-53-59(61)64-56-57(62-54-51-48-45-42-39-36-33-29-26-23-20-17-14-11-8-5-2)55-63-58(60)52-49-46-43-40-37-34-31-27-24-21-18-15-12-9-6-3/h7,10,16,19,21,24-25,28,32,35,41,44,57H,4-6,8-9,11-15,17-18,20,22-23,26-27,29-31,33-34,36-40,42-43,45-56H2,1-3H3/b10-7-,19-16-,24-21-,28-25-,35-32-,44-41-/t57-/m0/s1. The molecule has 0 aliphatic heterocycles. The summed E-state index contributed by atoms with van der Waals surface area (Å²) in [6.45, 7) is 7.56. The predicted molar refractivity (Wildman–Crippen MR) is 279 cm³/mol. The van der Waals surface area contributed by atoms with Gasteiger partial charge in [-0.25, -0.2) is 0 Å².